The van der Waals surface area contributed by atoms with E-state index in [1.807, 2.05) is 0 Å². The van der Waals surface area contributed by atoms with Crippen molar-refractivity contribution in [2.75, 3.05) is 7.11 Å². The van der Waals surface area contributed by atoms with Crippen LogP contribution in [0.4, 0.5) is 4.39 Å². The first-order valence-corrected chi connectivity index (χ1v) is 4.02. The fraction of sp³-hybridized carbons (Fsp3) is 0.111. The van der Waals surface area contributed by atoms with Gasteiger partial charge in [0.1, 0.15) is 0 Å². The largest absolute Gasteiger partial charge is 0.494 e. The molecule has 6 heteroatoms. The lowest BCUT2D eigenvalue weighted by Gasteiger charge is -2.02. The molecule has 0 saturated heterocycles. The van der Waals surface area contributed by atoms with Crippen molar-refractivity contribution >= 4 is 10.9 Å². The van der Waals surface area contributed by atoms with Gasteiger partial charge in [0.05, 0.1) is 18.0 Å². The summed E-state index contributed by atoms with van der Waals surface area (Å²) in [6.45, 7) is 0. The maximum Gasteiger partial charge on any atom is 0.419 e. The van der Waals surface area contributed by atoms with Gasteiger partial charge in [-0.05, 0) is 6.07 Å². The summed E-state index contributed by atoms with van der Waals surface area (Å²) in [7, 11) is 1.28. The van der Waals surface area contributed by atoms with Crippen molar-refractivity contribution in [1.82, 2.24) is 4.98 Å². The fourth-order valence-corrected chi connectivity index (χ4v) is 1.26. The van der Waals surface area contributed by atoms with Crippen LogP contribution >= 0.6 is 0 Å². The lowest BCUT2D eigenvalue weighted by atomic mass is 10.2. The molecule has 0 aliphatic rings. The number of halogens is 1. The maximum absolute atomic E-state index is 13.2. The van der Waals surface area contributed by atoms with Crippen LogP contribution in [0.25, 0.3) is 10.9 Å². The summed E-state index contributed by atoms with van der Waals surface area (Å²) >= 11 is 0. The SMILES string of the molecule is COc1cc2c(=O)oc(=O)[nH]c2cc1F. The molecule has 1 aromatic heterocycles. The Balaban J connectivity index is 2.94. The standard InChI is InChI=1S/C9H6FNO4/c1-14-7-2-4-6(3-5(7)10)11-9(13)15-8(4)12/h2-3H,1H3,(H,11,13). The first kappa shape index (κ1) is 9.45. The number of nitrogens with one attached hydrogen (secondary N) is 1. The predicted molar refractivity (Wildman–Crippen MR) is 49.6 cm³/mol. The lowest BCUT2D eigenvalue weighted by Crippen LogP contribution is -2.14. The summed E-state index contributed by atoms with van der Waals surface area (Å²) in [6, 6.07) is 2.18. The van der Waals surface area contributed by atoms with E-state index in [1.165, 1.54) is 13.2 Å². The molecule has 0 atom stereocenters. The van der Waals surface area contributed by atoms with Crippen molar-refractivity contribution < 1.29 is 13.5 Å². The third-order valence-corrected chi connectivity index (χ3v) is 1.93. The second-order valence-corrected chi connectivity index (χ2v) is 2.83. The first-order chi connectivity index (χ1) is 7.11. The average Bonchev–Trinajstić information content (AvgIpc) is 2.16. The van der Waals surface area contributed by atoms with Gasteiger partial charge in [-0.2, -0.15) is 0 Å². The first-order valence-electron chi connectivity index (χ1n) is 4.02. The zero-order valence-corrected chi connectivity index (χ0v) is 7.67. The van der Waals surface area contributed by atoms with Gasteiger partial charge >= 0.3 is 11.4 Å². The van der Waals surface area contributed by atoms with E-state index in [1.54, 1.807) is 0 Å². The van der Waals surface area contributed by atoms with E-state index in [0.717, 1.165) is 6.07 Å². The summed E-state index contributed by atoms with van der Waals surface area (Å²) < 4.78 is 22.2. The number of aromatic amines is 1. The third-order valence-electron chi connectivity index (χ3n) is 1.93. The highest BCUT2D eigenvalue weighted by Gasteiger charge is 2.09. The molecule has 0 amide bonds. The van der Waals surface area contributed by atoms with Crippen LogP contribution in [0.3, 0.4) is 0 Å². The molecule has 0 fully saturated rings. The summed E-state index contributed by atoms with van der Waals surface area (Å²) in [6.07, 6.45) is 0. The zero-order chi connectivity index (χ0) is 11.0. The number of ether oxygens (including phenoxy) is 1. The van der Waals surface area contributed by atoms with Gasteiger partial charge in [0.15, 0.2) is 11.6 Å². The van der Waals surface area contributed by atoms with Gasteiger partial charge in [0, 0.05) is 6.07 Å². The number of methoxy groups -OCH3 is 1. The Morgan fingerprint density at radius 3 is 2.80 bits per heavy atom. The third kappa shape index (κ3) is 1.50. The van der Waals surface area contributed by atoms with Crippen molar-refractivity contribution in [3.8, 4) is 5.75 Å². The number of hydrogen-bond acceptors (Lipinski definition) is 4. The van der Waals surface area contributed by atoms with Crippen LogP contribution in [0.5, 0.6) is 5.75 Å². The van der Waals surface area contributed by atoms with Crippen molar-refractivity contribution in [2.45, 2.75) is 0 Å². The molecule has 1 N–H and O–H groups in total. The molecular weight excluding hydrogens is 205 g/mol. The van der Waals surface area contributed by atoms with E-state index in [9.17, 15) is 14.0 Å². The topological polar surface area (TPSA) is 72.3 Å². The number of aromatic nitrogens is 1. The molecule has 5 nitrogen and oxygen atoms in total. The van der Waals surface area contributed by atoms with Crippen LogP contribution in [-0.4, -0.2) is 12.1 Å². The fourth-order valence-electron chi connectivity index (χ4n) is 1.26. The molecule has 78 valence electrons. The summed E-state index contributed by atoms with van der Waals surface area (Å²) in [5, 5.41) is 0.0628. The highest BCUT2D eigenvalue weighted by molar-refractivity contribution is 5.78. The Bertz CT molecular complexity index is 628. The summed E-state index contributed by atoms with van der Waals surface area (Å²) in [5.41, 5.74) is -0.749. The lowest BCUT2D eigenvalue weighted by molar-refractivity contribution is 0.386. The molecule has 0 spiro atoms. The van der Waals surface area contributed by atoms with Gasteiger partial charge < -0.3 is 9.15 Å². The number of benzene rings is 1. The van der Waals surface area contributed by atoms with Gasteiger partial charge in [0.2, 0.25) is 0 Å². The predicted octanol–water partition coefficient (Wildman–Crippen LogP) is 0.629. The van der Waals surface area contributed by atoms with Crippen molar-refractivity contribution in [2.24, 2.45) is 0 Å². The normalized spacial score (nSPS) is 10.5. The summed E-state index contributed by atoms with van der Waals surface area (Å²) in [4.78, 5) is 24.2. The molecule has 0 bridgehead atoms. The van der Waals surface area contributed by atoms with E-state index >= 15 is 0 Å². The van der Waals surface area contributed by atoms with Crippen molar-refractivity contribution in [3.63, 3.8) is 0 Å². The van der Waals surface area contributed by atoms with E-state index < -0.39 is 17.2 Å². The number of rotatable bonds is 1. The average molecular weight is 211 g/mol. The second-order valence-electron chi connectivity index (χ2n) is 2.83. The van der Waals surface area contributed by atoms with Crippen LogP contribution in [0.2, 0.25) is 0 Å². The van der Waals surface area contributed by atoms with Crippen LogP contribution in [-0.2, 0) is 0 Å². The molecule has 1 heterocycles. The van der Waals surface area contributed by atoms with Gasteiger partial charge in [-0.3, -0.25) is 4.98 Å². The Kier molecular flexibility index (Phi) is 2.03. The molecule has 0 saturated carbocycles. The van der Waals surface area contributed by atoms with Crippen molar-refractivity contribution in [1.29, 1.82) is 0 Å². The summed E-state index contributed by atoms with van der Waals surface area (Å²) in [5.74, 6) is -1.66. The molecule has 0 unspecified atom stereocenters. The molecular formula is C9H6FNO4. The highest BCUT2D eigenvalue weighted by atomic mass is 19.1. The molecule has 1 aromatic carbocycles. The smallest absolute Gasteiger partial charge is 0.419 e. The quantitative estimate of drug-likeness (QED) is 0.750. The number of hydrogen-bond donors (Lipinski definition) is 1. The molecule has 0 aliphatic carbocycles. The van der Waals surface area contributed by atoms with E-state index in [-0.39, 0.29) is 16.7 Å². The van der Waals surface area contributed by atoms with Crippen LogP contribution in [0, 0.1) is 5.82 Å². The molecule has 0 radical (unpaired) electrons. The van der Waals surface area contributed by atoms with Gasteiger partial charge in [-0.15, -0.1) is 0 Å². The number of fused-ring (bicyclic) bond motifs is 1. The molecule has 0 aliphatic heterocycles. The maximum atomic E-state index is 13.2. The van der Waals surface area contributed by atoms with Gasteiger partial charge in [-0.25, -0.2) is 14.0 Å². The molecule has 15 heavy (non-hydrogen) atoms. The van der Waals surface area contributed by atoms with E-state index in [0.29, 0.717) is 0 Å². The van der Waals surface area contributed by atoms with Gasteiger partial charge in [0.25, 0.3) is 0 Å². The van der Waals surface area contributed by atoms with E-state index in [4.69, 9.17) is 4.74 Å². The Hall–Kier alpha value is -2.11. The van der Waals surface area contributed by atoms with Gasteiger partial charge in [-0.1, -0.05) is 0 Å². The molecule has 2 aromatic rings. The molecule has 2 rings (SSSR count). The monoisotopic (exact) mass is 211 g/mol. The van der Waals surface area contributed by atoms with Crippen LogP contribution in [0.1, 0.15) is 0 Å². The second kappa shape index (κ2) is 3.23. The number of H-pyrrole nitrogens is 1. The zero-order valence-electron chi connectivity index (χ0n) is 7.67. The van der Waals surface area contributed by atoms with Crippen molar-refractivity contribution in [3.05, 3.63) is 38.9 Å². The minimum absolute atomic E-state index is 0.0628. The van der Waals surface area contributed by atoms with Crippen LogP contribution in [0.15, 0.2) is 26.1 Å². The van der Waals surface area contributed by atoms with E-state index in [2.05, 4.69) is 9.40 Å². The highest BCUT2D eigenvalue weighted by Crippen LogP contribution is 2.20. The van der Waals surface area contributed by atoms with Crippen LogP contribution < -0.4 is 16.1 Å². The Labute approximate surface area is 82.1 Å². The minimum Gasteiger partial charge on any atom is -0.494 e. The Morgan fingerprint density at radius 1 is 1.40 bits per heavy atom. The minimum atomic E-state index is -0.919. The Morgan fingerprint density at radius 2 is 2.13 bits per heavy atom.